The Morgan fingerprint density at radius 2 is 1.80 bits per heavy atom. The van der Waals surface area contributed by atoms with Crippen molar-refractivity contribution in [3.8, 4) is 5.75 Å². The summed E-state index contributed by atoms with van der Waals surface area (Å²) in [6, 6.07) is 17.0. The van der Waals surface area contributed by atoms with Gasteiger partial charge in [0.1, 0.15) is 12.3 Å². The number of aromatic nitrogens is 2. The average molecular weight is 473 g/mol. The van der Waals surface area contributed by atoms with Crippen molar-refractivity contribution in [3.05, 3.63) is 99.1 Å². The molecule has 11 heteroatoms. The first-order chi connectivity index (χ1) is 16.9. The summed E-state index contributed by atoms with van der Waals surface area (Å²) in [4.78, 5) is 52.1. The molecule has 3 aromatic carbocycles. The SMILES string of the molecule is COc1ccccc1NC(=O)c1ccc(NC(=O)Cn2cnc3ccc([N+](=O)[O-])cc3c2=O)cc1. The van der Waals surface area contributed by atoms with Crippen LogP contribution in [0, 0.1) is 10.1 Å². The Labute approximate surface area is 198 Å². The van der Waals surface area contributed by atoms with Gasteiger partial charge in [-0.25, -0.2) is 4.98 Å². The first-order valence-corrected chi connectivity index (χ1v) is 10.3. The van der Waals surface area contributed by atoms with Crippen molar-refractivity contribution < 1.29 is 19.2 Å². The second kappa shape index (κ2) is 9.83. The van der Waals surface area contributed by atoms with Crippen LogP contribution in [-0.2, 0) is 11.3 Å². The van der Waals surface area contributed by atoms with Gasteiger partial charge in [0.2, 0.25) is 5.91 Å². The Hall–Kier alpha value is -5.06. The van der Waals surface area contributed by atoms with Crippen LogP contribution in [0.3, 0.4) is 0 Å². The number of fused-ring (bicyclic) bond motifs is 1. The Balaban J connectivity index is 1.44. The zero-order valence-corrected chi connectivity index (χ0v) is 18.4. The lowest BCUT2D eigenvalue weighted by Crippen LogP contribution is -2.28. The molecule has 0 saturated heterocycles. The smallest absolute Gasteiger partial charge is 0.270 e. The van der Waals surface area contributed by atoms with Gasteiger partial charge in [0.15, 0.2) is 0 Å². The molecule has 176 valence electrons. The minimum absolute atomic E-state index is 0.0416. The fourth-order valence-electron chi connectivity index (χ4n) is 3.38. The van der Waals surface area contributed by atoms with E-state index in [-0.39, 0.29) is 23.5 Å². The predicted octanol–water partition coefficient (Wildman–Crippen LogP) is 3.20. The number of anilines is 2. The Bertz CT molecular complexity index is 1500. The molecule has 0 fully saturated rings. The zero-order chi connectivity index (χ0) is 24.9. The van der Waals surface area contributed by atoms with E-state index in [9.17, 15) is 24.5 Å². The third-order valence-electron chi connectivity index (χ3n) is 5.12. The summed E-state index contributed by atoms with van der Waals surface area (Å²) in [6.45, 7) is -0.347. The van der Waals surface area contributed by atoms with Crippen LogP contribution in [0.15, 0.2) is 77.9 Å². The van der Waals surface area contributed by atoms with Crippen LogP contribution in [0.5, 0.6) is 5.75 Å². The molecule has 4 rings (SSSR count). The number of rotatable bonds is 7. The monoisotopic (exact) mass is 473 g/mol. The normalized spacial score (nSPS) is 10.5. The molecule has 2 N–H and O–H groups in total. The zero-order valence-electron chi connectivity index (χ0n) is 18.4. The maximum Gasteiger partial charge on any atom is 0.270 e. The summed E-state index contributed by atoms with van der Waals surface area (Å²) in [5, 5.41) is 16.4. The second-order valence-corrected chi connectivity index (χ2v) is 7.42. The molecule has 1 aromatic heterocycles. The molecular formula is C24H19N5O6. The standard InChI is InChI=1S/C24H19N5O6/c1-35-21-5-3-2-4-20(21)27-23(31)15-6-8-16(9-7-15)26-22(30)13-28-14-25-19-11-10-17(29(33)34)12-18(19)24(28)32/h2-12,14H,13H2,1H3,(H,26,30)(H,27,31). The van der Waals surface area contributed by atoms with Crippen LogP contribution in [0.2, 0.25) is 0 Å². The number of amides is 2. The van der Waals surface area contributed by atoms with Gasteiger partial charge in [-0.1, -0.05) is 12.1 Å². The van der Waals surface area contributed by atoms with E-state index >= 15 is 0 Å². The molecule has 0 aliphatic heterocycles. The van der Waals surface area contributed by atoms with Gasteiger partial charge in [0.05, 0.1) is 35.0 Å². The molecule has 0 radical (unpaired) electrons. The van der Waals surface area contributed by atoms with Gasteiger partial charge in [-0.15, -0.1) is 0 Å². The van der Waals surface area contributed by atoms with Gasteiger partial charge in [-0.2, -0.15) is 0 Å². The Morgan fingerprint density at radius 3 is 2.51 bits per heavy atom. The summed E-state index contributed by atoms with van der Waals surface area (Å²) in [5.74, 6) is -0.335. The maximum atomic E-state index is 12.7. The highest BCUT2D eigenvalue weighted by Crippen LogP contribution is 2.24. The van der Waals surface area contributed by atoms with Crippen LogP contribution in [0.4, 0.5) is 17.1 Å². The van der Waals surface area contributed by atoms with E-state index in [1.54, 1.807) is 48.5 Å². The molecule has 0 atom stereocenters. The molecule has 2 amide bonds. The van der Waals surface area contributed by atoms with E-state index < -0.39 is 16.4 Å². The van der Waals surface area contributed by atoms with Crippen molar-refractivity contribution >= 4 is 39.8 Å². The van der Waals surface area contributed by atoms with Gasteiger partial charge < -0.3 is 15.4 Å². The molecule has 4 aromatic rings. The molecule has 0 aliphatic carbocycles. The number of nitrogens with zero attached hydrogens (tertiary/aromatic N) is 3. The quantitative estimate of drug-likeness (QED) is 0.310. The average Bonchev–Trinajstić information content (AvgIpc) is 2.86. The number of carbonyl (C=O) groups excluding carboxylic acids is 2. The maximum absolute atomic E-state index is 12.7. The third-order valence-corrected chi connectivity index (χ3v) is 5.12. The number of nitrogens with one attached hydrogen (secondary N) is 2. The van der Waals surface area contributed by atoms with Gasteiger partial charge in [0.25, 0.3) is 17.2 Å². The molecule has 1 heterocycles. The number of methoxy groups -OCH3 is 1. The van der Waals surface area contributed by atoms with E-state index in [1.807, 2.05) is 0 Å². The van der Waals surface area contributed by atoms with Gasteiger partial charge in [-0.05, 0) is 42.5 Å². The van der Waals surface area contributed by atoms with Crippen LogP contribution in [0.1, 0.15) is 10.4 Å². The molecule has 0 unspecified atom stereocenters. The topological polar surface area (TPSA) is 145 Å². The van der Waals surface area contributed by atoms with Crippen molar-refractivity contribution in [1.29, 1.82) is 0 Å². The highest BCUT2D eigenvalue weighted by Gasteiger charge is 2.13. The van der Waals surface area contributed by atoms with E-state index in [1.165, 1.54) is 25.6 Å². The van der Waals surface area contributed by atoms with Crippen molar-refractivity contribution in [2.24, 2.45) is 0 Å². The number of carbonyl (C=O) groups is 2. The van der Waals surface area contributed by atoms with Gasteiger partial charge in [0, 0.05) is 23.4 Å². The lowest BCUT2D eigenvalue weighted by atomic mass is 10.2. The number of nitro benzene ring substituents is 1. The van der Waals surface area contributed by atoms with E-state index in [0.717, 1.165) is 10.6 Å². The summed E-state index contributed by atoms with van der Waals surface area (Å²) in [6.07, 6.45) is 1.21. The number of non-ortho nitro benzene ring substituents is 1. The third kappa shape index (κ3) is 5.14. The number of benzene rings is 3. The van der Waals surface area contributed by atoms with Gasteiger partial charge in [-0.3, -0.25) is 29.1 Å². The lowest BCUT2D eigenvalue weighted by molar-refractivity contribution is -0.384. The fourth-order valence-corrected chi connectivity index (χ4v) is 3.38. The van der Waals surface area contributed by atoms with Crippen molar-refractivity contribution in [3.63, 3.8) is 0 Å². The molecule has 0 saturated carbocycles. The molecule has 0 bridgehead atoms. The van der Waals surface area contributed by atoms with E-state index in [2.05, 4.69) is 15.6 Å². The summed E-state index contributed by atoms with van der Waals surface area (Å²) >= 11 is 0. The molecule has 11 nitrogen and oxygen atoms in total. The highest BCUT2D eigenvalue weighted by atomic mass is 16.6. The minimum atomic E-state index is -0.608. The first-order valence-electron chi connectivity index (χ1n) is 10.3. The lowest BCUT2D eigenvalue weighted by Gasteiger charge is -2.11. The van der Waals surface area contributed by atoms with Crippen LogP contribution in [0.25, 0.3) is 10.9 Å². The summed E-state index contributed by atoms with van der Waals surface area (Å²) in [5.41, 5.74) is 0.786. The number of hydrogen-bond acceptors (Lipinski definition) is 7. The fraction of sp³-hybridized carbons (Fsp3) is 0.0833. The van der Waals surface area contributed by atoms with Crippen molar-refractivity contribution in [2.45, 2.75) is 6.54 Å². The molecule has 35 heavy (non-hydrogen) atoms. The summed E-state index contributed by atoms with van der Waals surface area (Å²) < 4.78 is 6.29. The van der Waals surface area contributed by atoms with E-state index in [0.29, 0.717) is 28.2 Å². The number of nitro groups is 1. The predicted molar refractivity (Wildman–Crippen MR) is 129 cm³/mol. The molecule has 0 spiro atoms. The van der Waals surface area contributed by atoms with E-state index in [4.69, 9.17) is 4.74 Å². The van der Waals surface area contributed by atoms with Gasteiger partial charge >= 0.3 is 0 Å². The van der Waals surface area contributed by atoms with Crippen LogP contribution >= 0.6 is 0 Å². The first kappa shape index (κ1) is 23.1. The highest BCUT2D eigenvalue weighted by molar-refractivity contribution is 6.05. The van der Waals surface area contributed by atoms with Crippen LogP contribution in [-0.4, -0.2) is 33.4 Å². The largest absolute Gasteiger partial charge is 0.495 e. The Kier molecular flexibility index (Phi) is 6.49. The number of para-hydroxylation sites is 2. The van der Waals surface area contributed by atoms with Crippen molar-refractivity contribution in [2.75, 3.05) is 17.7 Å². The Morgan fingerprint density at radius 1 is 1.06 bits per heavy atom. The van der Waals surface area contributed by atoms with Crippen LogP contribution < -0.4 is 20.9 Å². The second-order valence-electron chi connectivity index (χ2n) is 7.42. The number of hydrogen-bond donors (Lipinski definition) is 2. The molecule has 0 aliphatic rings. The summed E-state index contributed by atoms with van der Waals surface area (Å²) in [7, 11) is 1.51. The van der Waals surface area contributed by atoms with Crippen molar-refractivity contribution in [1.82, 2.24) is 9.55 Å². The molecular weight excluding hydrogens is 454 g/mol. The number of ether oxygens (including phenoxy) is 1. The minimum Gasteiger partial charge on any atom is -0.495 e.